The van der Waals surface area contributed by atoms with Crippen LogP contribution in [0, 0.1) is 16.0 Å². The highest BCUT2D eigenvalue weighted by molar-refractivity contribution is 5.82. The predicted octanol–water partition coefficient (Wildman–Crippen LogP) is 0.650. The van der Waals surface area contributed by atoms with E-state index >= 15 is 0 Å². The molecule has 0 bridgehead atoms. The number of carbonyl (C=O) groups is 3. The number of carbonyl (C=O) groups excluding carboxylic acids is 3. The van der Waals surface area contributed by atoms with Gasteiger partial charge in [0.15, 0.2) is 0 Å². The van der Waals surface area contributed by atoms with Gasteiger partial charge in [-0.3, -0.25) is 14.9 Å². The Morgan fingerprint density at radius 2 is 1.83 bits per heavy atom. The van der Waals surface area contributed by atoms with E-state index in [-0.39, 0.29) is 6.29 Å². The molecule has 0 aliphatic carbocycles. The lowest BCUT2D eigenvalue weighted by Gasteiger charge is -2.23. The molecule has 0 saturated carbocycles. The molecule has 0 unspecified atom stereocenters. The first kappa shape index (κ1) is 21.6. The van der Waals surface area contributed by atoms with Crippen LogP contribution >= 0.6 is 0 Å². The second-order valence-electron chi connectivity index (χ2n) is 5.78. The number of aldehydes is 1. The van der Waals surface area contributed by atoms with E-state index < -0.39 is 53.8 Å². The topological polar surface area (TPSA) is 128 Å². The van der Waals surface area contributed by atoms with E-state index in [0.717, 1.165) is 0 Å². The zero-order chi connectivity index (χ0) is 19.1. The number of alkyl carbamates (subject to hydrolysis) is 1. The quantitative estimate of drug-likeness (QED) is 0.391. The number of nitro groups is 1. The smallest absolute Gasteiger partial charge is 0.444 e. The van der Waals surface area contributed by atoms with Crippen LogP contribution in [0.15, 0.2) is 0 Å². The molecule has 2 N–H and O–H groups in total. The van der Waals surface area contributed by atoms with Crippen molar-refractivity contribution in [3.63, 3.8) is 0 Å². The van der Waals surface area contributed by atoms with Crippen LogP contribution in [0.5, 0.6) is 0 Å². The lowest BCUT2D eigenvalue weighted by atomic mass is 10.0. The molecule has 0 rings (SSSR count). The van der Waals surface area contributed by atoms with Crippen molar-refractivity contribution in [2.45, 2.75) is 38.6 Å². The summed E-state index contributed by atoms with van der Waals surface area (Å²) in [6, 6.07) is -1.75. The largest absolute Gasteiger partial charge is 0.471 e. The van der Waals surface area contributed by atoms with Gasteiger partial charge in [-0.05, 0) is 20.8 Å². The molecule has 0 aliphatic rings. The van der Waals surface area contributed by atoms with E-state index in [1.54, 1.807) is 20.8 Å². The Bertz CT molecular complexity index is 489. The average Bonchev–Trinajstić information content (AvgIpc) is 2.35. The van der Waals surface area contributed by atoms with Gasteiger partial charge in [0.2, 0.25) is 6.54 Å². The number of amides is 2. The molecule has 0 aromatic rings. The normalized spacial score (nSPS) is 14.2. The molecule has 0 heterocycles. The van der Waals surface area contributed by atoms with Crippen molar-refractivity contribution in [3.8, 4) is 0 Å². The number of hydrogen-bond acceptors (Lipinski definition) is 6. The van der Waals surface area contributed by atoms with Gasteiger partial charge in [0.05, 0.1) is 5.92 Å². The standard InChI is InChI=1S/C12H18F3N3O6/c1-11(2,3)24-10(21)16-4-7(6-19)8(5-18(22)23)17-9(20)12(13,14)15/h6-8H,4-5H2,1-3H3,(H,16,21)(H,17,20)/t7-,8-/m1/s1. The number of rotatable bonds is 7. The van der Waals surface area contributed by atoms with E-state index in [0.29, 0.717) is 0 Å². The Morgan fingerprint density at radius 3 is 2.21 bits per heavy atom. The SMILES string of the molecule is CC(C)(C)OC(=O)NC[C@H](C=O)[C@@H](C[N+](=O)[O-])NC(=O)C(F)(F)F. The zero-order valence-corrected chi connectivity index (χ0v) is 13.2. The molecule has 2 atom stereocenters. The number of hydrogen-bond donors (Lipinski definition) is 2. The fourth-order valence-electron chi connectivity index (χ4n) is 1.50. The van der Waals surface area contributed by atoms with Gasteiger partial charge in [-0.15, -0.1) is 0 Å². The molecule has 138 valence electrons. The van der Waals surface area contributed by atoms with Crippen LogP contribution in [-0.4, -0.2) is 54.1 Å². The first-order valence-electron chi connectivity index (χ1n) is 6.68. The highest BCUT2D eigenvalue weighted by atomic mass is 19.4. The fourth-order valence-corrected chi connectivity index (χ4v) is 1.50. The summed E-state index contributed by atoms with van der Waals surface area (Å²) in [7, 11) is 0. The van der Waals surface area contributed by atoms with Gasteiger partial charge in [-0.25, -0.2) is 4.79 Å². The van der Waals surface area contributed by atoms with Gasteiger partial charge in [-0.2, -0.15) is 13.2 Å². The maximum absolute atomic E-state index is 12.3. The minimum atomic E-state index is -5.26. The highest BCUT2D eigenvalue weighted by Gasteiger charge is 2.42. The van der Waals surface area contributed by atoms with Crippen molar-refractivity contribution in [1.82, 2.24) is 10.6 Å². The lowest BCUT2D eigenvalue weighted by molar-refractivity contribution is -0.484. The molecule has 0 aromatic heterocycles. The van der Waals surface area contributed by atoms with Crippen molar-refractivity contribution < 1.29 is 37.2 Å². The Labute approximate surface area is 135 Å². The first-order valence-corrected chi connectivity index (χ1v) is 6.68. The number of alkyl halides is 3. The van der Waals surface area contributed by atoms with Crippen LogP contribution in [0.1, 0.15) is 20.8 Å². The Hall–Kier alpha value is -2.40. The molecule has 0 aliphatic heterocycles. The minimum absolute atomic E-state index is 0.113. The van der Waals surface area contributed by atoms with E-state index in [2.05, 4.69) is 5.32 Å². The molecular formula is C12H18F3N3O6. The Morgan fingerprint density at radius 1 is 1.29 bits per heavy atom. The molecule has 9 nitrogen and oxygen atoms in total. The van der Waals surface area contributed by atoms with Crippen molar-refractivity contribution in [2.75, 3.05) is 13.1 Å². The summed E-state index contributed by atoms with van der Waals surface area (Å²) in [5.74, 6) is -3.87. The van der Waals surface area contributed by atoms with Gasteiger partial charge in [0.1, 0.15) is 17.9 Å². The number of halogens is 3. The molecular weight excluding hydrogens is 339 g/mol. The van der Waals surface area contributed by atoms with Crippen molar-refractivity contribution in [3.05, 3.63) is 10.1 Å². The third-order valence-electron chi connectivity index (χ3n) is 2.49. The number of nitrogens with one attached hydrogen (secondary N) is 2. The molecule has 2 amide bonds. The van der Waals surface area contributed by atoms with Gasteiger partial charge in [-0.1, -0.05) is 0 Å². The summed E-state index contributed by atoms with van der Waals surface area (Å²) in [6.07, 6.45) is -6.11. The second-order valence-corrected chi connectivity index (χ2v) is 5.78. The molecule has 24 heavy (non-hydrogen) atoms. The third kappa shape index (κ3) is 8.90. The monoisotopic (exact) mass is 357 g/mol. The van der Waals surface area contributed by atoms with Crippen LogP contribution in [0.25, 0.3) is 0 Å². The Kier molecular flexibility index (Phi) is 7.61. The summed E-state index contributed by atoms with van der Waals surface area (Å²) < 4.78 is 41.6. The molecule has 12 heteroatoms. The number of ether oxygens (including phenoxy) is 1. The molecule has 0 saturated heterocycles. The van der Waals surface area contributed by atoms with E-state index in [1.807, 2.05) is 0 Å². The van der Waals surface area contributed by atoms with Crippen LogP contribution in [-0.2, 0) is 14.3 Å². The summed E-state index contributed by atoms with van der Waals surface area (Å²) >= 11 is 0. The summed E-state index contributed by atoms with van der Waals surface area (Å²) in [5, 5.41) is 14.0. The van der Waals surface area contributed by atoms with Crippen LogP contribution in [0.3, 0.4) is 0 Å². The summed E-state index contributed by atoms with van der Waals surface area (Å²) in [4.78, 5) is 42.9. The first-order chi connectivity index (χ1) is 10.8. The second kappa shape index (κ2) is 8.45. The van der Waals surface area contributed by atoms with E-state index in [4.69, 9.17) is 4.74 Å². The maximum Gasteiger partial charge on any atom is 0.471 e. The van der Waals surface area contributed by atoms with Crippen molar-refractivity contribution in [1.29, 1.82) is 0 Å². The van der Waals surface area contributed by atoms with Crippen LogP contribution in [0.2, 0.25) is 0 Å². The van der Waals surface area contributed by atoms with E-state index in [9.17, 15) is 37.7 Å². The van der Waals surface area contributed by atoms with Gasteiger partial charge >= 0.3 is 18.2 Å². The maximum atomic E-state index is 12.3. The van der Waals surface area contributed by atoms with Crippen LogP contribution in [0.4, 0.5) is 18.0 Å². The molecule has 0 radical (unpaired) electrons. The fraction of sp³-hybridized carbons (Fsp3) is 0.750. The van der Waals surface area contributed by atoms with Crippen LogP contribution < -0.4 is 10.6 Å². The van der Waals surface area contributed by atoms with Gasteiger partial charge in [0, 0.05) is 11.5 Å². The lowest BCUT2D eigenvalue weighted by Crippen LogP contribution is -2.52. The molecule has 0 aromatic carbocycles. The summed E-state index contributed by atoms with van der Waals surface area (Å²) in [6.45, 7) is 3.00. The van der Waals surface area contributed by atoms with Crippen molar-refractivity contribution in [2.24, 2.45) is 5.92 Å². The summed E-state index contributed by atoms with van der Waals surface area (Å²) in [5.41, 5.74) is -0.856. The number of nitrogens with zero attached hydrogens (tertiary/aromatic N) is 1. The van der Waals surface area contributed by atoms with Crippen molar-refractivity contribution >= 4 is 18.3 Å². The molecule has 0 spiro atoms. The van der Waals surface area contributed by atoms with Gasteiger partial charge in [0.25, 0.3) is 0 Å². The Balaban J connectivity index is 4.94. The van der Waals surface area contributed by atoms with Gasteiger partial charge < -0.3 is 20.2 Å². The highest BCUT2D eigenvalue weighted by Crippen LogP contribution is 2.15. The van der Waals surface area contributed by atoms with E-state index in [1.165, 1.54) is 5.32 Å². The zero-order valence-electron chi connectivity index (χ0n) is 13.2. The minimum Gasteiger partial charge on any atom is -0.444 e. The molecule has 0 fully saturated rings. The average molecular weight is 357 g/mol. The predicted molar refractivity (Wildman–Crippen MR) is 73.6 cm³/mol. The third-order valence-corrected chi connectivity index (χ3v) is 2.49.